The van der Waals surface area contributed by atoms with Crippen molar-refractivity contribution in [3.8, 4) is 0 Å². The molecule has 2 aliphatic rings. The predicted octanol–water partition coefficient (Wildman–Crippen LogP) is 2.62. The van der Waals surface area contributed by atoms with Crippen molar-refractivity contribution in [1.29, 1.82) is 0 Å². The Morgan fingerprint density at radius 2 is 1.96 bits per heavy atom. The van der Waals surface area contributed by atoms with Gasteiger partial charge in [0.15, 0.2) is 5.65 Å². The third-order valence-electron chi connectivity index (χ3n) is 5.94. The van der Waals surface area contributed by atoms with Crippen molar-refractivity contribution >= 4 is 11.5 Å². The summed E-state index contributed by atoms with van der Waals surface area (Å²) in [6.45, 7) is 4.45. The van der Waals surface area contributed by atoms with Gasteiger partial charge in [-0.3, -0.25) is 14.3 Å². The minimum absolute atomic E-state index is 0.688. The maximum atomic E-state index is 4.36. The smallest absolute Gasteiger partial charge is 0.180 e. The van der Waals surface area contributed by atoms with Crippen molar-refractivity contribution in [1.82, 2.24) is 24.5 Å². The molecule has 1 aromatic carbocycles. The zero-order valence-electron chi connectivity index (χ0n) is 14.9. The SMILES string of the molecule is c1ccc(CN2CCC[C@H]3CN(c4cncc5nncn45)CC[C@H]32)cc1. The van der Waals surface area contributed by atoms with Gasteiger partial charge in [-0.25, -0.2) is 0 Å². The van der Waals surface area contributed by atoms with E-state index in [1.165, 1.54) is 31.4 Å². The van der Waals surface area contributed by atoms with E-state index in [-0.39, 0.29) is 0 Å². The fourth-order valence-electron chi connectivity index (χ4n) is 4.70. The normalized spacial score (nSPS) is 23.9. The molecule has 2 aliphatic heterocycles. The molecule has 26 heavy (non-hydrogen) atoms. The van der Waals surface area contributed by atoms with Crippen LogP contribution in [0.25, 0.3) is 5.65 Å². The second-order valence-electron chi connectivity index (χ2n) is 7.49. The molecular weight excluding hydrogens is 324 g/mol. The van der Waals surface area contributed by atoms with E-state index in [0.717, 1.165) is 31.1 Å². The highest BCUT2D eigenvalue weighted by Crippen LogP contribution is 2.33. The average molecular weight is 348 g/mol. The molecule has 6 nitrogen and oxygen atoms in total. The molecule has 0 saturated carbocycles. The van der Waals surface area contributed by atoms with Crippen LogP contribution in [-0.4, -0.2) is 50.2 Å². The second kappa shape index (κ2) is 6.68. The summed E-state index contributed by atoms with van der Waals surface area (Å²) in [6.07, 6.45) is 9.32. The standard InChI is InChI=1S/C20H24N6/c1-2-5-16(6-3-1)13-24-9-4-7-17-14-25(10-8-18(17)24)20-12-21-11-19-23-22-15-26(19)20/h1-3,5-6,11-12,15,17-18H,4,7-10,13-14H2/t17-,18+/m0/s1. The molecular formula is C20H24N6. The molecule has 0 amide bonds. The van der Waals surface area contributed by atoms with Crippen molar-refractivity contribution < 1.29 is 0 Å². The molecule has 0 spiro atoms. The van der Waals surface area contributed by atoms with E-state index in [1.807, 2.05) is 6.20 Å². The first-order valence-electron chi connectivity index (χ1n) is 9.55. The number of fused-ring (bicyclic) bond motifs is 2. The van der Waals surface area contributed by atoms with Gasteiger partial charge in [0, 0.05) is 25.7 Å². The van der Waals surface area contributed by atoms with Gasteiger partial charge in [0.1, 0.15) is 12.1 Å². The molecule has 2 saturated heterocycles. The van der Waals surface area contributed by atoms with Crippen LogP contribution in [0.15, 0.2) is 49.1 Å². The van der Waals surface area contributed by atoms with E-state index in [2.05, 4.69) is 59.7 Å². The molecule has 0 radical (unpaired) electrons. The number of aromatic nitrogens is 4. The molecule has 0 bridgehead atoms. The Labute approximate surface area is 153 Å². The summed E-state index contributed by atoms with van der Waals surface area (Å²) in [5, 5.41) is 8.17. The maximum Gasteiger partial charge on any atom is 0.180 e. The molecule has 0 aliphatic carbocycles. The lowest BCUT2D eigenvalue weighted by atomic mass is 9.83. The first kappa shape index (κ1) is 15.8. The molecule has 2 fully saturated rings. The number of piperidine rings is 2. The summed E-state index contributed by atoms with van der Waals surface area (Å²) >= 11 is 0. The first-order valence-corrected chi connectivity index (χ1v) is 9.55. The third kappa shape index (κ3) is 2.84. The van der Waals surface area contributed by atoms with E-state index < -0.39 is 0 Å². The molecule has 0 N–H and O–H groups in total. The summed E-state index contributed by atoms with van der Waals surface area (Å²) in [5.74, 6) is 1.83. The topological polar surface area (TPSA) is 49.6 Å². The molecule has 2 atom stereocenters. The summed E-state index contributed by atoms with van der Waals surface area (Å²) in [5.41, 5.74) is 2.24. The second-order valence-corrected chi connectivity index (χ2v) is 7.49. The number of hydrogen-bond donors (Lipinski definition) is 0. The lowest BCUT2D eigenvalue weighted by Gasteiger charge is -2.47. The van der Waals surface area contributed by atoms with Gasteiger partial charge in [-0.15, -0.1) is 10.2 Å². The number of nitrogens with zero attached hydrogens (tertiary/aromatic N) is 6. The minimum Gasteiger partial charge on any atom is -0.356 e. The van der Waals surface area contributed by atoms with Gasteiger partial charge in [-0.05, 0) is 37.3 Å². The Balaban J connectivity index is 1.34. The van der Waals surface area contributed by atoms with Crippen LogP contribution in [0.2, 0.25) is 0 Å². The van der Waals surface area contributed by atoms with Crippen LogP contribution in [0.1, 0.15) is 24.8 Å². The highest BCUT2D eigenvalue weighted by Gasteiger charge is 2.36. The summed E-state index contributed by atoms with van der Waals surface area (Å²) in [7, 11) is 0. The number of benzene rings is 1. The number of hydrogen-bond acceptors (Lipinski definition) is 5. The fourth-order valence-corrected chi connectivity index (χ4v) is 4.70. The van der Waals surface area contributed by atoms with E-state index in [4.69, 9.17) is 0 Å². The van der Waals surface area contributed by atoms with Crippen molar-refractivity contribution in [2.75, 3.05) is 24.5 Å². The molecule has 6 heteroatoms. The van der Waals surface area contributed by atoms with Crippen molar-refractivity contribution in [3.63, 3.8) is 0 Å². The van der Waals surface area contributed by atoms with E-state index in [0.29, 0.717) is 12.0 Å². The molecule has 134 valence electrons. The molecule has 2 aromatic heterocycles. The van der Waals surface area contributed by atoms with Crippen LogP contribution in [-0.2, 0) is 6.54 Å². The lowest BCUT2D eigenvalue weighted by Crippen LogP contribution is -2.54. The van der Waals surface area contributed by atoms with Crippen LogP contribution in [0.4, 0.5) is 5.82 Å². The Hall–Kier alpha value is -2.47. The minimum atomic E-state index is 0.688. The number of anilines is 1. The van der Waals surface area contributed by atoms with E-state index in [9.17, 15) is 0 Å². The van der Waals surface area contributed by atoms with Crippen LogP contribution in [0.3, 0.4) is 0 Å². The van der Waals surface area contributed by atoms with Crippen molar-refractivity contribution in [2.45, 2.75) is 31.8 Å². The van der Waals surface area contributed by atoms with Crippen molar-refractivity contribution in [2.24, 2.45) is 5.92 Å². The van der Waals surface area contributed by atoms with E-state index in [1.54, 1.807) is 12.5 Å². The van der Waals surface area contributed by atoms with Gasteiger partial charge < -0.3 is 4.90 Å². The lowest BCUT2D eigenvalue weighted by molar-refractivity contribution is 0.0700. The first-order chi connectivity index (χ1) is 12.9. The monoisotopic (exact) mass is 348 g/mol. The highest BCUT2D eigenvalue weighted by molar-refractivity contribution is 5.47. The van der Waals surface area contributed by atoms with Gasteiger partial charge in [0.25, 0.3) is 0 Å². The predicted molar refractivity (Wildman–Crippen MR) is 101 cm³/mol. The summed E-state index contributed by atoms with van der Waals surface area (Å²) < 4.78 is 2.05. The summed E-state index contributed by atoms with van der Waals surface area (Å²) in [4.78, 5) is 9.54. The highest BCUT2D eigenvalue weighted by atomic mass is 15.3. The van der Waals surface area contributed by atoms with Gasteiger partial charge >= 0.3 is 0 Å². The zero-order valence-corrected chi connectivity index (χ0v) is 14.9. The average Bonchev–Trinajstić information content (AvgIpc) is 3.17. The van der Waals surface area contributed by atoms with Crippen LogP contribution in [0, 0.1) is 5.92 Å². The van der Waals surface area contributed by atoms with Crippen molar-refractivity contribution in [3.05, 3.63) is 54.6 Å². The number of likely N-dealkylation sites (tertiary alicyclic amines) is 1. The molecule has 5 rings (SSSR count). The zero-order chi connectivity index (χ0) is 17.3. The Kier molecular flexibility index (Phi) is 4.05. The van der Waals surface area contributed by atoms with E-state index >= 15 is 0 Å². The third-order valence-corrected chi connectivity index (χ3v) is 5.94. The van der Waals surface area contributed by atoms with Crippen LogP contribution < -0.4 is 4.90 Å². The largest absolute Gasteiger partial charge is 0.356 e. The number of rotatable bonds is 3. The molecule has 4 heterocycles. The van der Waals surface area contributed by atoms with Gasteiger partial charge in [-0.2, -0.15) is 0 Å². The Morgan fingerprint density at radius 3 is 2.88 bits per heavy atom. The van der Waals surface area contributed by atoms with Gasteiger partial charge in [-0.1, -0.05) is 30.3 Å². The Morgan fingerprint density at radius 1 is 1.04 bits per heavy atom. The molecule has 0 unspecified atom stereocenters. The van der Waals surface area contributed by atoms with Gasteiger partial charge in [0.05, 0.1) is 12.4 Å². The maximum absolute atomic E-state index is 4.36. The van der Waals surface area contributed by atoms with Crippen LogP contribution in [0.5, 0.6) is 0 Å². The Bertz CT molecular complexity index is 876. The summed E-state index contributed by atoms with van der Waals surface area (Å²) in [6, 6.07) is 11.6. The molecule has 3 aromatic rings. The van der Waals surface area contributed by atoms with Crippen LogP contribution >= 0.6 is 0 Å². The quantitative estimate of drug-likeness (QED) is 0.728. The fraction of sp³-hybridized carbons (Fsp3) is 0.450. The van der Waals surface area contributed by atoms with Gasteiger partial charge in [0.2, 0.25) is 0 Å².